The molecule has 1 aliphatic heterocycles. The summed E-state index contributed by atoms with van der Waals surface area (Å²) in [5.74, 6) is 0.628. The molecule has 0 spiro atoms. The number of nitrogens with zero attached hydrogens (tertiary/aromatic N) is 1. The predicted octanol–water partition coefficient (Wildman–Crippen LogP) is 1.59. The lowest BCUT2D eigenvalue weighted by Crippen LogP contribution is -2.47. The van der Waals surface area contributed by atoms with Crippen LogP contribution in [0, 0.1) is 0 Å². The number of piperazine rings is 1. The minimum Gasteiger partial charge on any atom is -0.494 e. The molecule has 2 rings (SSSR count). The maximum absolute atomic E-state index is 12.2. The van der Waals surface area contributed by atoms with Crippen molar-refractivity contribution in [1.29, 1.82) is 0 Å². The van der Waals surface area contributed by atoms with E-state index in [2.05, 4.69) is 17.1 Å². The minimum atomic E-state index is -0.336. The summed E-state index contributed by atoms with van der Waals surface area (Å²) in [6.07, 6.45) is 0.979. The first-order chi connectivity index (χ1) is 10.3. The zero-order valence-corrected chi connectivity index (χ0v) is 12.8. The number of hydrogen-bond acceptors (Lipinski definition) is 5. The van der Waals surface area contributed by atoms with Gasteiger partial charge in [0.15, 0.2) is 0 Å². The first kappa shape index (κ1) is 15.8. The van der Waals surface area contributed by atoms with Gasteiger partial charge in [0.05, 0.1) is 13.7 Å². The largest absolute Gasteiger partial charge is 0.494 e. The molecule has 116 valence electrons. The smallest absolute Gasteiger partial charge is 0.327 e. The fourth-order valence-electron chi connectivity index (χ4n) is 2.51. The maximum atomic E-state index is 12.2. The summed E-state index contributed by atoms with van der Waals surface area (Å²) < 4.78 is 10.6. The third-order valence-corrected chi connectivity index (χ3v) is 3.61. The lowest BCUT2D eigenvalue weighted by molar-refractivity contribution is -0.147. The van der Waals surface area contributed by atoms with Crippen molar-refractivity contribution in [2.45, 2.75) is 19.4 Å². The number of benzene rings is 1. The van der Waals surface area contributed by atoms with Crippen molar-refractivity contribution in [3.63, 3.8) is 0 Å². The zero-order valence-electron chi connectivity index (χ0n) is 12.8. The first-order valence-corrected chi connectivity index (χ1v) is 7.51. The standard InChI is InChI=1S/C16H24N2O3/c1-3-12-21-14-6-4-13(5-7-14)15(16(19)20-2)18-10-8-17-9-11-18/h4-7,15,17H,3,8-12H2,1-2H3. The molecule has 21 heavy (non-hydrogen) atoms. The summed E-state index contributed by atoms with van der Waals surface area (Å²) in [5.41, 5.74) is 0.951. The number of carbonyl (C=O) groups is 1. The minimum absolute atomic E-state index is 0.209. The van der Waals surface area contributed by atoms with Gasteiger partial charge in [-0.1, -0.05) is 19.1 Å². The van der Waals surface area contributed by atoms with Gasteiger partial charge in [0.1, 0.15) is 11.8 Å². The van der Waals surface area contributed by atoms with Crippen LogP contribution in [0.1, 0.15) is 24.9 Å². The van der Waals surface area contributed by atoms with Gasteiger partial charge in [0, 0.05) is 26.2 Å². The van der Waals surface area contributed by atoms with E-state index in [4.69, 9.17) is 9.47 Å². The number of ether oxygens (including phenoxy) is 2. The van der Waals surface area contributed by atoms with E-state index >= 15 is 0 Å². The highest BCUT2D eigenvalue weighted by atomic mass is 16.5. The van der Waals surface area contributed by atoms with Gasteiger partial charge in [-0.2, -0.15) is 0 Å². The van der Waals surface area contributed by atoms with Crippen LogP contribution in [0.15, 0.2) is 24.3 Å². The molecule has 1 saturated heterocycles. The van der Waals surface area contributed by atoms with Crippen LogP contribution < -0.4 is 10.1 Å². The maximum Gasteiger partial charge on any atom is 0.327 e. The fraction of sp³-hybridized carbons (Fsp3) is 0.562. The molecule has 1 unspecified atom stereocenters. The summed E-state index contributed by atoms with van der Waals surface area (Å²) in [6.45, 7) is 6.25. The van der Waals surface area contributed by atoms with E-state index in [1.54, 1.807) is 0 Å². The van der Waals surface area contributed by atoms with E-state index in [1.165, 1.54) is 7.11 Å². The molecule has 1 aromatic rings. The molecule has 0 radical (unpaired) electrons. The molecule has 1 atom stereocenters. The van der Waals surface area contributed by atoms with Crippen LogP contribution in [0.2, 0.25) is 0 Å². The fourth-order valence-corrected chi connectivity index (χ4v) is 2.51. The third kappa shape index (κ3) is 4.19. The van der Waals surface area contributed by atoms with Crippen molar-refractivity contribution < 1.29 is 14.3 Å². The highest BCUT2D eigenvalue weighted by molar-refractivity contribution is 5.77. The Hall–Kier alpha value is -1.59. The number of methoxy groups -OCH3 is 1. The van der Waals surface area contributed by atoms with E-state index in [-0.39, 0.29) is 12.0 Å². The van der Waals surface area contributed by atoms with Crippen LogP contribution in [0.3, 0.4) is 0 Å². The molecule has 0 aliphatic carbocycles. The highest BCUT2D eigenvalue weighted by Gasteiger charge is 2.29. The van der Waals surface area contributed by atoms with Crippen molar-refractivity contribution >= 4 is 5.97 Å². The number of carbonyl (C=O) groups excluding carboxylic acids is 1. The molecule has 1 N–H and O–H groups in total. The third-order valence-electron chi connectivity index (χ3n) is 3.61. The van der Waals surface area contributed by atoms with Crippen LogP contribution in [0.4, 0.5) is 0 Å². The Kier molecular flexibility index (Phi) is 6.02. The topological polar surface area (TPSA) is 50.8 Å². The predicted molar refractivity (Wildman–Crippen MR) is 81.4 cm³/mol. The van der Waals surface area contributed by atoms with Gasteiger partial charge in [-0.15, -0.1) is 0 Å². The second-order valence-electron chi connectivity index (χ2n) is 5.13. The number of esters is 1. The summed E-state index contributed by atoms with van der Waals surface area (Å²) in [6, 6.07) is 7.41. The van der Waals surface area contributed by atoms with Crippen LogP contribution >= 0.6 is 0 Å². The van der Waals surface area contributed by atoms with Crippen LogP contribution in [0.25, 0.3) is 0 Å². The monoisotopic (exact) mass is 292 g/mol. The second kappa shape index (κ2) is 8.00. The molecular formula is C16H24N2O3. The van der Waals surface area contributed by atoms with Crippen molar-refractivity contribution in [3.8, 4) is 5.75 Å². The molecule has 1 fully saturated rings. The number of rotatable bonds is 6. The lowest BCUT2D eigenvalue weighted by Gasteiger charge is -2.33. The van der Waals surface area contributed by atoms with Crippen molar-refractivity contribution in [1.82, 2.24) is 10.2 Å². The zero-order chi connectivity index (χ0) is 15.1. The van der Waals surface area contributed by atoms with Crippen LogP contribution in [0.5, 0.6) is 5.75 Å². The molecule has 1 heterocycles. The van der Waals surface area contributed by atoms with E-state index in [1.807, 2.05) is 24.3 Å². The van der Waals surface area contributed by atoms with Crippen LogP contribution in [-0.4, -0.2) is 50.8 Å². The average molecular weight is 292 g/mol. The summed E-state index contributed by atoms with van der Waals surface area (Å²) in [4.78, 5) is 14.3. The summed E-state index contributed by atoms with van der Waals surface area (Å²) in [7, 11) is 1.44. The van der Waals surface area contributed by atoms with E-state index in [9.17, 15) is 4.79 Å². The summed E-state index contributed by atoms with van der Waals surface area (Å²) in [5, 5.41) is 3.30. The quantitative estimate of drug-likeness (QED) is 0.807. The van der Waals surface area contributed by atoms with Gasteiger partial charge in [0.2, 0.25) is 0 Å². The Morgan fingerprint density at radius 3 is 2.52 bits per heavy atom. The van der Waals surface area contributed by atoms with Crippen molar-refractivity contribution in [2.24, 2.45) is 0 Å². The van der Waals surface area contributed by atoms with E-state index < -0.39 is 0 Å². The normalized spacial score (nSPS) is 17.2. The Labute approximate surface area is 126 Å². The molecular weight excluding hydrogens is 268 g/mol. The Morgan fingerprint density at radius 2 is 1.95 bits per heavy atom. The van der Waals surface area contributed by atoms with Gasteiger partial charge < -0.3 is 14.8 Å². The summed E-state index contributed by atoms with van der Waals surface area (Å²) >= 11 is 0. The molecule has 0 bridgehead atoms. The van der Waals surface area contributed by atoms with E-state index in [0.29, 0.717) is 6.61 Å². The number of hydrogen-bond donors (Lipinski definition) is 1. The Bertz CT molecular complexity index is 441. The Balaban J connectivity index is 2.13. The highest BCUT2D eigenvalue weighted by Crippen LogP contribution is 2.25. The molecule has 1 aliphatic rings. The van der Waals surface area contributed by atoms with Crippen molar-refractivity contribution in [3.05, 3.63) is 29.8 Å². The first-order valence-electron chi connectivity index (χ1n) is 7.51. The lowest BCUT2D eigenvalue weighted by atomic mass is 10.0. The molecule has 0 amide bonds. The van der Waals surface area contributed by atoms with E-state index in [0.717, 1.165) is 43.9 Å². The molecule has 0 aromatic heterocycles. The molecule has 0 saturated carbocycles. The Morgan fingerprint density at radius 1 is 1.29 bits per heavy atom. The van der Waals surface area contributed by atoms with Gasteiger partial charge in [-0.05, 0) is 24.1 Å². The molecule has 5 heteroatoms. The molecule has 5 nitrogen and oxygen atoms in total. The van der Waals surface area contributed by atoms with Gasteiger partial charge in [-0.3, -0.25) is 4.90 Å². The van der Waals surface area contributed by atoms with Gasteiger partial charge in [-0.25, -0.2) is 4.79 Å². The molecule has 1 aromatic carbocycles. The number of nitrogens with one attached hydrogen (secondary N) is 1. The van der Waals surface area contributed by atoms with Gasteiger partial charge in [0.25, 0.3) is 0 Å². The average Bonchev–Trinajstić information content (AvgIpc) is 2.55. The van der Waals surface area contributed by atoms with Crippen LogP contribution in [-0.2, 0) is 9.53 Å². The SMILES string of the molecule is CCCOc1ccc(C(C(=O)OC)N2CCNCC2)cc1. The van der Waals surface area contributed by atoms with Crippen molar-refractivity contribution in [2.75, 3.05) is 39.9 Å². The second-order valence-corrected chi connectivity index (χ2v) is 5.13. The van der Waals surface area contributed by atoms with Gasteiger partial charge >= 0.3 is 5.97 Å².